The first-order valence-corrected chi connectivity index (χ1v) is 6.94. The Bertz CT molecular complexity index is 641. The number of benzene rings is 1. The fourth-order valence-corrected chi connectivity index (χ4v) is 2.53. The number of hydrogen-bond donors (Lipinski definition) is 2. The molecular weight excluding hydrogens is 324 g/mol. The van der Waals surface area contributed by atoms with E-state index < -0.39 is 0 Å². The lowest BCUT2D eigenvalue weighted by atomic mass is 10.2. The number of halogens is 1. The van der Waals surface area contributed by atoms with Crippen molar-refractivity contribution in [3.8, 4) is 22.9 Å². The molecule has 0 saturated heterocycles. The van der Waals surface area contributed by atoms with Gasteiger partial charge in [0.25, 0.3) is 0 Å². The molecule has 0 bridgehead atoms. The zero-order valence-corrected chi connectivity index (χ0v) is 12.4. The van der Waals surface area contributed by atoms with Crippen LogP contribution in [0.25, 0.3) is 11.4 Å². The van der Waals surface area contributed by atoms with Gasteiger partial charge in [0.05, 0.1) is 4.47 Å². The van der Waals surface area contributed by atoms with Crippen LogP contribution in [0.5, 0.6) is 11.5 Å². The SMILES string of the molecule is CCc1cc(NN)nc(-c2cc(Br)c3c(c2)OCO3)n1. The van der Waals surface area contributed by atoms with E-state index in [-0.39, 0.29) is 6.79 Å². The Hall–Kier alpha value is -1.86. The van der Waals surface area contributed by atoms with Gasteiger partial charge in [-0.1, -0.05) is 6.92 Å². The van der Waals surface area contributed by atoms with Crippen LogP contribution in [0, 0.1) is 0 Å². The molecule has 0 aliphatic carbocycles. The van der Waals surface area contributed by atoms with Gasteiger partial charge in [-0.2, -0.15) is 0 Å². The molecule has 20 heavy (non-hydrogen) atoms. The summed E-state index contributed by atoms with van der Waals surface area (Å²) in [5.41, 5.74) is 4.31. The number of hydrazine groups is 1. The molecule has 104 valence electrons. The summed E-state index contributed by atoms with van der Waals surface area (Å²) in [7, 11) is 0. The van der Waals surface area contributed by atoms with Gasteiger partial charge in [-0.15, -0.1) is 0 Å². The minimum absolute atomic E-state index is 0.225. The molecule has 0 radical (unpaired) electrons. The number of nitrogens with two attached hydrogens (primary N) is 1. The molecule has 3 N–H and O–H groups in total. The van der Waals surface area contributed by atoms with Crippen LogP contribution < -0.4 is 20.7 Å². The summed E-state index contributed by atoms with van der Waals surface area (Å²) in [4.78, 5) is 8.89. The molecule has 0 saturated carbocycles. The van der Waals surface area contributed by atoms with Gasteiger partial charge < -0.3 is 14.9 Å². The van der Waals surface area contributed by atoms with Gasteiger partial charge in [-0.3, -0.25) is 0 Å². The summed E-state index contributed by atoms with van der Waals surface area (Å²) < 4.78 is 11.6. The molecule has 2 aromatic rings. The molecule has 1 aliphatic heterocycles. The van der Waals surface area contributed by atoms with Crippen LogP contribution in [-0.4, -0.2) is 16.8 Å². The summed E-state index contributed by atoms with van der Waals surface area (Å²) in [6.07, 6.45) is 0.802. The van der Waals surface area contributed by atoms with Crippen LogP contribution in [0.2, 0.25) is 0 Å². The van der Waals surface area contributed by atoms with Crippen LogP contribution in [0.15, 0.2) is 22.7 Å². The first kappa shape index (κ1) is 13.1. The number of nitrogens with one attached hydrogen (secondary N) is 1. The third-order valence-corrected chi connectivity index (χ3v) is 3.56. The van der Waals surface area contributed by atoms with Crippen LogP contribution in [-0.2, 0) is 6.42 Å². The Morgan fingerprint density at radius 3 is 2.90 bits per heavy atom. The molecule has 6 nitrogen and oxygen atoms in total. The zero-order chi connectivity index (χ0) is 14.1. The summed E-state index contributed by atoms with van der Waals surface area (Å²) in [5, 5.41) is 0. The topological polar surface area (TPSA) is 82.3 Å². The smallest absolute Gasteiger partial charge is 0.231 e. The number of rotatable bonds is 3. The first-order valence-electron chi connectivity index (χ1n) is 6.15. The first-order chi connectivity index (χ1) is 9.71. The third kappa shape index (κ3) is 2.30. The van der Waals surface area contributed by atoms with E-state index in [1.165, 1.54) is 0 Å². The number of aryl methyl sites for hydroxylation is 1. The van der Waals surface area contributed by atoms with Gasteiger partial charge >= 0.3 is 0 Å². The number of nitrogens with zero attached hydrogens (tertiary/aromatic N) is 2. The van der Waals surface area contributed by atoms with Crippen molar-refractivity contribution in [3.05, 3.63) is 28.4 Å². The second-order valence-corrected chi connectivity index (χ2v) is 5.11. The Labute approximate surface area is 124 Å². The molecule has 1 aromatic carbocycles. The van der Waals surface area contributed by atoms with Gasteiger partial charge in [-0.25, -0.2) is 15.8 Å². The highest BCUT2D eigenvalue weighted by Gasteiger charge is 2.19. The molecule has 0 atom stereocenters. The monoisotopic (exact) mass is 336 g/mol. The third-order valence-electron chi connectivity index (χ3n) is 2.97. The lowest BCUT2D eigenvalue weighted by molar-refractivity contribution is 0.173. The van der Waals surface area contributed by atoms with Crippen molar-refractivity contribution in [2.45, 2.75) is 13.3 Å². The van der Waals surface area contributed by atoms with Gasteiger partial charge in [0.15, 0.2) is 17.3 Å². The van der Waals surface area contributed by atoms with Crippen LogP contribution >= 0.6 is 15.9 Å². The molecule has 0 fully saturated rings. The number of fused-ring (bicyclic) bond motifs is 1. The highest BCUT2D eigenvalue weighted by atomic mass is 79.9. The van der Waals surface area contributed by atoms with E-state index in [0.29, 0.717) is 23.1 Å². The molecule has 2 heterocycles. The molecular formula is C13H13BrN4O2. The fraction of sp³-hybridized carbons (Fsp3) is 0.231. The number of ether oxygens (including phenoxy) is 2. The van der Waals surface area contributed by atoms with E-state index in [1.54, 1.807) is 0 Å². The van der Waals surface area contributed by atoms with Crippen molar-refractivity contribution in [1.82, 2.24) is 9.97 Å². The van der Waals surface area contributed by atoms with Gasteiger partial charge in [0.1, 0.15) is 5.82 Å². The molecule has 3 rings (SSSR count). The maximum absolute atomic E-state index is 5.45. The summed E-state index contributed by atoms with van der Waals surface area (Å²) in [5.74, 6) is 8.01. The second-order valence-electron chi connectivity index (χ2n) is 4.26. The van der Waals surface area contributed by atoms with Crippen molar-refractivity contribution in [1.29, 1.82) is 0 Å². The van der Waals surface area contributed by atoms with E-state index in [0.717, 1.165) is 22.2 Å². The molecule has 0 unspecified atom stereocenters. The maximum atomic E-state index is 5.45. The highest BCUT2D eigenvalue weighted by Crippen LogP contribution is 2.42. The van der Waals surface area contributed by atoms with E-state index in [2.05, 4.69) is 31.3 Å². The number of aromatic nitrogens is 2. The average molecular weight is 337 g/mol. The predicted molar refractivity (Wildman–Crippen MR) is 78.5 cm³/mol. The Morgan fingerprint density at radius 1 is 1.30 bits per heavy atom. The fourth-order valence-electron chi connectivity index (χ4n) is 1.98. The largest absolute Gasteiger partial charge is 0.454 e. The number of hydrogen-bond acceptors (Lipinski definition) is 6. The minimum Gasteiger partial charge on any atom is -0.454 e. The second kappa shape index (κ2) is 5.26. The Kier molecular flexibility index (Phi) is 3.45. The van der Waals surface area contributed by atoms with E-state index in [4.69, 9.17) is 15.3 Å². The highest BCUT2D eigenvalue weighted by molar-refractivity contribution is 9.10. The van der Waals surface area contributed by atoms with E-state index in [9.17, 15) is 0 Å². The molecule has 7 heteroatoms. The standard InChI is InChI=1S/C13H13BrN4O2/c1-2-8-5-11(18-15)17-13(16-8)7-3-9(14)12-10(4-7)19-6-20-12/h3-5H,2,6,15H2,1H3,(H,16,17,18). The van der Waals surface area contributed by atoms with Gasteiger partial charge in [-0.05, 0) is 34.5 Å². The summed E-state index contributed by atoms with van der Waals surface area (Å²) >= 11 is 3.47. The molecule has 0 amide bonds. The van der Waals surface area contributed by atoms with Crippen LogP contribution in [0.3, 0.4) is 0 Å². The van der Waals surface area contributed by atoms with Crippen LogP contribution in [0.4, 0.5) is 5.82 Å². The van der Waals surface area contributed by atoms with Gasteiger partial charge in [0, 0.05) is 17.3 Å². The maximum Gasteiger partial charge on any atom is 0.231 e. The van der Waals surface area contributed by atoms with E-state index >= 15 is 0 Å². The summed E-state index contributed by atoms with van der Waals surface area (Å²) in [6, 6.07) is 5.59. The van der Waals surface area contributed by atoms with Crippen molar-refractivity contribution in [3.63, 3.8) is 0 Å². The van der Waals surface area contributed by atoms with Gasteiger partial charge in [0.2, 0.25) is 6.79 Å². The average Bonchev–Trinajstić information content (AvgIpc) is 2.95. The van der Waals surface area contributed by atoms with Crippen molar-refractivity contribution < 1.29 is 9.47 Å². The van der Waals surface area contributed by atoms with E-state index in [1.807, 2.05) is 25.1 Å². The zero-order valence-electron chi connectivity index (χ0n) is 10.8. The lowest BCUT2D eigenvalue weighted by Crippen LogP contribution is -2.10. The molecule has 0 spiro atoms. The number of anilines is 1. The summed E-state index contributed by atoms with van der Waals surface area (Å²) in [6.45, 7) is 2.25. The normalized spacial score (nSPS) is 12.6. The molecule has 1 aliphatic rings. The lowest BCUT2D eigenvalue weighted by Gasteiger charge is -2.08. The minimum atomic E-state index is 0.225. The predicted octanol–water partition coefficient (Wildman–Crippen LogP) is 2.48. The van der Waals surface area contributed by atoms with Crippen molar-refractivity contribution >= 4 is 21.7 Å². The Morgan fingerprint density at radius 2 is 2.15 bits per heavy atom. The molecule has 1 aromatic heterocycles. The van der Waals surface area contributed by atoms with Crippen molar-refractivity contribution in [2.75, 3.05) is 12.2 Å². The van der Waals surface area contributed by atoms with Crippen LogP contribution in [0.1, 0.15) is 12.6 Å². The quantitative estimate of drug-likeness (QED) is 0.661. The number of nitrogen functional groups attached to an aromatic ring is 1. The Balaban J connectivity index is 2.11. The van der Waals surface area contributed by atoms with Crippen molar-refractivity contribution in [2.24, 2.45) is 5.84 Å².